The summed E-state index contributed by atoms with van der Waals surface area (Å²) in [5, 5.41) is 0. The molecule has 9 heteroatoms. The predicted molar refractivity (Wildman–Crippen MR) is 146 cm³/mol. The molecular formula is C28H35N3O5S. The molecule has 1 atom stereocenters. The van der Waals surface area contributed by atoms with Gasteiger partial charge in [0.1, 0.15) is 5.75 Å². The van der Waals surface area contributed by atoms with Crippen molar-refractivity contribution >= 4 is 10.0 Å². The second-order valence-corrected chi connectivity index (χ2v) is 13.2. The Hall–Kier alpha value is -3.17. The Bertz CT molecular complexity index is 1580. The molecule has 0 spiro atoms. The van der Waals surface area contributed by atoms with Gasteiger partial charge in [0.2, 0.25) is 10.0 Å². The fourth-order valence-electron chi connectivity index (χ4n) is 5.45. The summed E-state index contributed by atoms with van der Waals surface area (Å²) in [6.07, 6.45) is 4.33. The van der Waals surface area contributed by atoms with Crippen molar-refractivity contribution in [2.24, 2.45) is 0 Å². The van der Waals surface area contributed by atoms with E-state index in [0.29, 0.717) is 5.69 Å². The zero-order chi connectivity index (χ0) is 27.3. The van der Waals surface area contributed by atoms with Crippen LogP contribution in [-0.4, -0.2) is 36.9 Å². The van der Waals surface area contributed by atoms with Crippen LogP contribution in [0.2, 0.25) is 0 Å². The number of hydrogen-bond donors (Lipinski definition) is 2. The molecule has 0 saturated carbocycles. The first kappa shape index (κ1) is 26.9. The van der Waals surface area contributed by atoms with Crippen molar-refractivity contribution in [2.45, 2.75) is 64.3 Å². The van der Waals surface area contributed by atoms with E-state index < -0.39 is 26.8 Å². The summed E-state index contributed by atoms with van der Waals surface area (Å²) < 4.78 is 34.1. The van der Waals surface area contributed by atoms with E-state index in [1.807, 2.05) is 32.0 Å². The molecule has 1 aromatic heterocycles. The van der Waals surface area contributed by atoms with Crippen molar-refractivity contribution in [3.8, 4) is 22.6 Å². The van der Waals surface area contributed by atoms with E-state index in [2.05, 4.69) is 42.6 Å². The van der Waals surface area contributed by atoms with Crippen LogP contribution in [0.5, 0.6) is 5.75 Å². The van der Waals surface area contributed by atoms with E-state index in [-0.39, 0.29) is 11.3 Å². The van der Waals surface area contributed by atoms with Gasteiger partial charge in [0.25, 0.3) is 5.56 Å². The Kier molecular flexibility index (Phi) is 6.75. The fourth-order valence-corrected chi connectivity index (χ4v) is 6.55. The SMILES string of the molecule is COc1c(-c2ccc3c(c2)CC[C@@H]3C(C)(C)NS(C)(=O)=O)cc(-n2ccc(=O)[nH]c2=O)cc1C(C)(C)C. The van der Waals surface area contributed by atoms with Crippen LogP contribution in [0.4, 0.5) is 0 Å². The van der Waals surface area contributed by atoms with Crippen molar-refractivity contribution < 1.29 is 13.2 Å². The Labute approximate surface area is 217 Å². The van der Waals surface area contributed by atoms with Gasteiger partial charge in [-0.05, 0) is 60.9 Å². The standard InChI is InChI=1S/C28H35N3O5S/c1-27(2,3)23-16-19(31-13-12-24(32)29-26(31)33)15-21(25(23)36-6)18-8-10-20-17(14-18)9-11-22(20)28(4,5)30-37(7,34)35/h8,10,12-16,22,30H,9,11H2,1-7H3,(H,29,32,33)/t22-/m0/s1. The first-order valence-electron chi connectivity index (χ1n) is 12.3. The third kappa shape index (κ3) is 5.43. The Morgan fingerprint density at radius 2 is 1.76 bits per heavy atom. The number of ether oxygens (including phenoxy) is 1. The van der Waals surface area contributed by atoms with Crippen molar-refractivity contribution in [3.63, 3.8) is 0 Å². The first-order valence-corrected chi connectivity index (χ1v) is 14.2. The summed E-state index contributed by atoms with van der Waals surface area (Å²) in [6, 6.07) is 11.4. The summed E-state index contributed by atoms with van der Waals surface area (Å²) in [5.41, 5.74) is 3.75. The van der Waals surface area contributed by atoms with Crippen LogP contribution in [0.25, 0.3) is 16.8 Å². The van der Waals surface area contributed by atoms with Crippen LogP contribution in [-0.2, 0) is 21.9 Å². The third-order valence-corrected chi connectivity index (χ3v) is 7.94. The molecule has 1 heterocycles. The van der Waals surface area contributed by atoms with Gasteiger partial charge in [-0.1, -0.05) is 39.0 Å². The molecule has 8 nitrogen and oxygen atoms in total. The zero-order valence-corrected chi connectivity index (χ0v) is 23.2. The molecule has 1 aliphatic rings. The molecule has 0 aliphatic heterocycles. The minimum absolute atomic E-state index is 0.0457. The van der Waals surface area contributed by atoms with Crippen LogP contribution in [0.1, 0.15) is 63.6 Å². The van der Waals surface area contributed by atoms with Gasteiger partial charge in [-0.3, -0.25) is 14.3 Å². The highest BCUT2D eigenvalue weighted by atomic mass is 32.2. The van der Waals surface area contributed by atoms with Gasteiger partial charge in [0, 0.05) is 34.8 Å². The molecular weight excluding hydrogens is 490 g/mol. The average molecular weight is 526 g/mol. The summed E-state index contributed by atoms with van der Waals surface area (Å²) in [7, 11) is -1.71. The van der Waals surface area contributed by atoms with E-state index in [1.165, 1.54) is 23.1 Å². The Morgan fingerprint density at radius 3 is 2.35 bits per heavy atom. The number of benzene rings is 2. The topological polar surface area (TPSA) is 110 Å². The van der Waals surface area contributed by atoms with Crippen LogP contribution in [0.3, 0.4) is 0 Å². The molecule has 1 aliphatic carbocycles. The summed E-state index contributed by atoms with van der Waals surface area (Å²) in [5.74, 6) is 0.770. The molecule has 0 unspecified atom stereocenters. The van der Waals surface area contributed by atoms with Crippen LogP contribution < -0.4 is 20.7 Å². The fraction of sp³-hybridized carbons (Fsp3) is 0.429. The number of nitrogens with one attached hydrogen (secondary N) is 2. The van der Waals surface area contributed by atoms with Gasteiger partial charge in [0.15, 0.2) is 0 Å². The van der Waals surface area contributed by atoms with Crippen molar-refractivity contribution in [2.75, 3.05) is 13.4 Å². The summed E-state index contributed by atoms with van der Waals surface area (Å²) >= 11 is 0. The molecule has 0 radical (unpaired) electrons. The van der Waals surface area contributed by atoms with Crippen molar-refractivity contribution in [1.29, 1.82) is 0 Å². The smallest absolute Gasteiger partial charge is 0.332 e. The highest BCUT2D eigenvalue weighted by Gasteiger charge is 2.37. The summed E-state index contributed by atoms with van der Waals surface area (Å²) in [4.78, 5) is 26.6. The lowest BCUT2D eigenvalue weighted by molar-refractivity contribution is 0.369. The molecule has 198 valence electrons. The lowest BCUT2D eigenvalue weighted by Crippen LogP contribution is -2.46. The number of sulfonamides is 1. The van der Waals surface area contributed by atoms with E-state index >= 15 is 0 Å². The predicted octanol–water partition coefficient (Wildman–Crippen LogP) is 3.86. The monoisotopic (exact) mass is 525 g/mol. The maximum absolute atomic E-state index is 12.6. The van der Waals surface area contributed by atoms with Crippen LogP contribution in [0, 0.1) is 0 Å². The second kappa shape index (κ2) is 9.29. The molecule has 2 N–H and O–H groups in total. The Morgan fingerprint density at radius 1 is 1.05 bits per heavy atom. The van der Waals surface area contributed by atoms with E-state index in [9.17, 15) is 18.0 Å². The van der Waals surface area contributed by atoms with E-state index in [4.69, 9.17) is 4.74 Å². The number of methoxy groups -OCH3 is 1. The van der Waals surface area contributed by atoms with Crippen molar-refractivity contribution in [1.82, 2.24) is 14.3 Å². The van der Waals surface area contributed by atoms with Gasteiger partial charge >= 0.3 is 5.69 Å². The molecule has 4 rings (SSSR count). The zero-order valence-electron chi connectivity index (χ0n) is 22.4. The molecule has 0 fully saturated rings. The quantitative estimate of drug-likeness (QED) is 0.508. The van der Waals surface area contributed by atoms with E-state index in [0.717, 1.165) is 46.4 Å². The molecule has 0 amide bonds. The lowest BCUT2D eigenvalue weighted by atomic mass is 9.82. The van der Waals surface area contributed by atoms with Crippen molar-refractivity contribution in [3.05, 3.63) is 80.1 Å². The number of fused-ring (bicyclic) bond motifs is 1. The molecule has 0 saturated heterocycles. The minimum atomic E-state index is -3.35. The van der Waals surface area contributed by atoms with Gasteiger partial charge < -0.3 is 4.74 Å². The minimum Gasteiger partial charge on any atom is -0.496 e. The second-order valence-electron chi connectivity index (χ2n) is 11.4. The van der Waals surface area contributed by atoms with E-state index in [1.54, 1.807) is 7.11 Å². The maximum Gasteiger partial charge on any atom is 0.332 e. The lowest BCUT2D eigenvalue weighted by Gasteiger charge is -2.32. The van der Waals surface area contributed by atoms with Gasteiger partial charge in [-0.25, -0.2) is 17.9 Å². The molecule has 3 aromatic rings. The molecule has 0 bridgehead atoms. The highest BCUT2D eigenvalue weighted by molar-refractivity contribution is 7.88. The summed E-state index contributed by atoms with van der Waals surface area (Å²) in [6.45, 7) is 10.1. The number of aryl methyl sites for hydroxylation is 1. The normalized spacial score (nSPS) is 16.0. The van der Waals surface area contributed by atoms with Gasteiger partial charge in [-0.2, -0.15) is 0 Å². The van der Waals surface area contributed by atoms with Crippen LogP contribution >= 0.6 is 0 Å². The van der Waals surface area contributed by atoms with Gasteiger partial charge in [0.05, 0.1) is 19.1 Å². The third-order valence-electron chi connectivity index (χ3n) is 7.04. The number of nitrogens with zero attached hydrogens (tertiary/aromatic N) is 1. The number of hydrogen-bond acceptors (Lipinski definition) is 5. The average Bonchev–Trinajstić information content (AvgIpc) is 3.20. The maximum atomic E-state index is 12.6. The Balaban J connectivity index is 1.88. The van der Waals surface area contributed by atoms with Gasteiger partial charge in [-0.15, -0.1) is 0 Å². The molecule has 37 heavy (non-hydrogen) atoms. The van der Waals surface area contributed by atoms with Crippen LogP contribution in [0.15, 0.2) is 52.2 Å². The number of aromatic nitrogens is 2. The number of H-pyrrole nitrogens is 1. The number of aromatic amines is 1. The highest BCUT2D eigenvalue weighted by Crippen LogP contribution is 2.45. The number of rotatable bonds is 6. The first-order chi connectivity index (χ1) is 17.1. The molecule has 2 aromatic carbocycles. The largest absolute Gasteiger partial charge is 0.496 e.